The van der Waals surface area contributed by atoms with E-state index in [9.17, 15) is 17.9 Å². The number of hydrogen-bond donors (Lipinski definition) is 1. The Balaban J connectivity index is 1.47. The van der Waals surface area contributed by atoms with Crippen LogP contribution in [0.25, 0.3) is 11.1 Å². The number of benzene rings is 5. The molecule has 214 valence electrons. The summed E-state index contributed by atoms with van der Waals surface area (Å²) in [6.45, 7) is -0.0466. The van der Waals surface area contributed by atoms with Crippen molar-refractivity contribution in [1.82, 2.24) is 4.31 Å². The third kappa shape index (κ3) is 7.06. The molecule has 0 spiro atoms. The van der Waals surface area contributed by atoms with Crippen molar-refractivity contribution in [1.29, 1.82) is 0 Å². The average molecular weight is 643 g/mol. The van der Waals surface area contributed by atoms with Crippen molar-refractivity contribution in [2.75, 3.05) is 0 Å². The van der Waals surface area contributed by atoms with Gasteiger partial charge in [0, 0.05) is 23.1 Å². The van der Waals surface area contributed by atoms with Gasteiger partial charge in [-0.05, 0) is 89.0 Å². The molecule has 0 amide bonds. The molecule has 0 heterocycles. The Morgan fingerprint density at radius 3 is 1.98 bits per heavy atom. The molecule has 42 heavy (non-hydrogen) atoms. The van der Waals surface area contributed by atoms with Crippen LogP contribution in [0.4, 0.5) is 4.39 Å². The predicted molar refractivity (Wildman–Crippen MR) is 164 cm³/mol. The lowest BCUT2D eigenvalue weighted by Gasteiger charge is -2.24. The van der Waals surface area contributed by atoms with Gasteiger partial charge in [-0.2, -0.15) is 4.31 Å². The van der Waals surface area contributed by atoms with E-state index >= 15 is 0 Å². The number of nitrogens with zero attached hydrogens (tertiary/aromatic N) is 1. The average Bonchev–Trinajstić information content (AvgIpc) is 2.97. The van der Waals surface area contributed by atoms with Crippen molar-refractivity contribution in [2.45, 2.75) is 18.0 Å². The van der Waals surface area contributed by atoms with Gasteiger partial charge in [-0.1, -0.05) is 77.3 Å². The lowest BCUT2D eigenvalue weighted by molar-refractivity contribution is 0.394. The van der Waals surface area contributed by atoms with E-state index in [1.165, 1.54) is 40.7 Å². The van der Waals surface area contributed by atoms with Crippen LogP contribution in [0, 0.1) is 5.82 Å². The highest BCUT2D eigenvalue weighted by atomic mass is 35.5. The molecule has 0 aliphatic carbocycles. The highest BCUT2D eigenvalue weighted by Crippen LogP contribution is 2.37. The van der Waals surface area contributed by atoms with Gasteiger partial charge in [-0.15, -0.1) is 0 Å². The van der Waals surface area contributed by atoms with Gasteiger partial charge in [-0.25, -0.2) is 12.8 Å². The summed E-state index contributed by atoms with van der Waals surface area (Å²) in [6, 6.07) is 29.8. The summed E-state index contributed by atoms with van der Waals surface area (Å²) in [5.74, 6) is 0.00527. The molecule has 5 aromatic rings. The molecule has 0 atom stereocenters. The molecule has 0 aromatic heterocycles. The summed E-state index contributed by atoms with van der Waals surface area (Å²) in [7, 11) is -4.29. The zero-order chi connectivity index (χ0) is 29.9. The number of halogens is 4. The largest absolute Gasteiger partial charge is 0.505 e. The summed E-state index contributed by atoms with van der Waals surface area (Å²) in [4.78, 5) is -0.398. The second kappa shape index (κ2) is 12.7. The van der Waals surface area contributed by atoms with E-state index < -0.39 is 20.7 Å². The second-order valence-electron chi connectivity index (χ2n) is 9.41. The number of hydrogen-bond acceptors (Lipinski definition) is 4. The molecular weight excluding hydrogens is 620 g/mol. The van der Waals surface area contributed by atoms with E-state index in [-0.39, 0.29) is 29.0 Å². The third-order valence-electron chi connectivity index (χ3n) is 6.41. The molecular formula is C32H23Cl3FNO4S. The summed E-state index contributed by atoms with van der Waals surface area (Å²) in [5.41, 5.74) is 3.19. The SMILES string of the molecule is O=S(=O)(c1cc(Cl)cc(Cl)c1O)N(Cc1ccc(Oc2ccc(F)cc2)cc1)Cc1cccc(-c2ccc(Cl)cc2)c1. The minimum atomic E-state index is -4.29. The Labute approximate surface area is 258 Å². The van der Waals surface area contributed by atoms with Crippen molar-refractivity contribution in [3.8, 4) is 28.4 Å². The maximum atomic E-state index is 14.0. The first kappa shape index (κ1) is 29.9. The molecule has 0 radical (unpaired) electrons. The number of phenols is 1. The molecule has 5 rings (SSSR count). The third-order valence-corrected chi connectivity index (χ3v) is 8.97. The van der Waals surface area contributed by atoms with Gasteiger partial charge in [0.1, 0.15) is 22.2 Å². The number of sulfonamides is 1. The Kier molecular flexibility index (Phi) is 9.06. The Morgan fingerprint density at radius 2 is 1.31 bits per heavy atom. The Morgan fingerprint density at radius 1 is 0.690 bits per heavy atom. The summed E-state index contributed by atoms with van der Waals surface area (Å²) in [5, 5.41) is 11.1. The minimum absolute atomic E-state index is 0.0127. The molecule has 10 heteroatoms. The molecule has 0 bridgehead atoms. The summed E-state index contributed by atoms with van der Waals surface area (Å²) >= 11 is 18.2. The van der Waals surface area contributed by atoms with E-state index in [4.69, 9.17) is 39.5 Å². The molecule has 0 saturated carbocycles. The van der Waals surface area contributed by atoms with E-state index in [1.54, 1.807) is 36.4 Å². The van der Waals surface area contributed by atoms with Gasteiger partial charge in [0.25, 0.3) is 0 Å². The maximum absolute atomic E-state index is 14.0. The fourth-order valence-electron chi connectivity index (χ4n) is 4.30. The Hall–Kier alpha value is -3.59. The summed E-state index contributed by atoms with van der Waals surface area (Å²) in [6.07, 6.45) is 0. The van der Waals surface area contributed by atoms with E-state index in [0.29, 0.717) is 22.1 Å². The Bertz CT molecular complexity index is 1820. The normalized spacial score (nSPS) is 11.5. The molecule has 0 aliphatic rings. The van der Waals surface area contributed by atoms with Crippen LogP contribution in [0.1, 0.15) is 11.1 Å². The molecule has 5 nitrogen and oxygen atoms in total. The molecule has 0 aliphatic heterocycles. The van der Waals surface area contributed by atoms with Crippen molar-refractivity contribution in [2.24, 2.45) is 0 Å². The van der Waals surface area contributed by atoms with Crippen LogP contribution in [0.5, 0.6) is 17.2 Å². The maximum Gasteiger partial charge on any atom is 0.247 e. The minimum Gasteiger partial charge on any atom is -0.505 e. The molecule has 0 saturated heterocycles. The zero-order valence-electron chi connectivity index (χ0n) is 21.8. The van der Waals surface area contributed by atoms with Crippen LogP contribution < -0.4 is 4.74 Å². The highest BCUT2D eigenvalue weighted by molar-refractivity contribution is 7.89. The van der Waals surface area contributed by atoms with Crippen LogP contribution in [0.15, 0.2) is 114 Å². The standard InChI is InChI=1S/C32H23Cl3FNO4S/c33-25-8-6-23(7-9-25)24-3-1-2-22(16-24)20-37(42(39,40)31-18-26(34)17-30(35)32(31)38)19-21-4-12-28(13-5-21)41-29-14-10-27(36)11-15-29/h1-18,38H,19-20H2. The van der Waals surface area contributed by atoms with Crippen molar-refractivity contribution < 1.29 is 22.7 Å². The van der Waals surface area contributed by atoms with Crippen LogP contribution in [-0.2, 0) is 23.1 Å². The number of aromatic hydroxyl groups is 1. The van der Waals surface area contributed by atoms with Crippen molar-refractivity contribution in [3.63, 3.8) is 0 Å². The van der Waals surface area contributed by atoms with Crippen LogP contribution in [0.2, 0.25) is 15.1 Å². The quantitative estimate of drug-likeness (QED) is 0.174. The first-order valence-corrected chi connectivity index (χ1v) is 15.2. The van der Waals surface area contributed by atoms with Gasteiger partial charge >= 0.3 is 0 Å². The number of ether oxygens (including phenoxy) is 1. The lowest BCUT2D eigenvalue weighted by Crippen LogP contribution is -2.30. The van der Waals surface area contributed by atoms with E-state index in [1.807, 2.05) is 36.4 Å². The predicted octanol–water partition coefficient (Wildman–Crippen LogP) is 9.34. The molecule has 1 N–H and O–H groups in total. The smallest absolute Gasteiger partial charge is 0.247 e. The zero-order valence-corrected chi connectivity index (χ0v) is 24.9. The monoisotopic (exact) mass is 641 g/mol. The van der Waals surface area contributed by atoms with Crippen molar-refractivity contribution in [3.05, 3.63) is 141 Å². The first-order valence-electron chi connectivity index (χ1n) is 12.6. The molecule has 0 unspecified atom stereocenters. The van der Waals surface area contributed by atoms with Crippen molar-refractivity contribution >= 4 is 44.8 Å². The van der Waals surface area contributed by atoms with Crippen LogP contribution >= 0.6 is 34.8 Å². The fraction of sp³-hybridized carbons (Fsp3) is 0.0625. The first-order chi connectivity index (χ1) is 20.1. The van der Waals surface area contributed by atoms with Crippen LogP contribution in [-0.4, -0.2) is 17.8 Å². The van der Waals surface area contributed by atoms with Gasteiger partial charge < -0.3 is 9.84 Å². The van der Waals surface area contributed by atoms with Gasteiger partial charge in [0.05, 0.1) is 5.02 Å². The molecule has 5 aromatic carbocycles. The molecule has 0 fully saturated rings. The van der Waals surface area contributed by atoms with Gasteiger partial charge in [0.2, 0.25) is 10.0 Å². The van der Waals surface area contributed by atoms with E-state index in [0.717, 1.165) is 16.7 Å². The van der Waals surface area contributed by atoms with Crippen LogP contribution in [0.3, 0.4) is 0 Å². The topological polar surface area (TPSA) is 66.8 Å². The number of phenolic OH excluding ortho intramolecular Hbond substituents is 1. The second-order valence-corrected chi connectivity index (χ2v) is 12.6. The van der Waals surface area contributed by atoms with Gasteiger partial charge in [-0.3, -0.25) is 0 Å². The highest BCUT2D eigenvalue weighted by Gasteiger charge is 2.29. The van der Waals surface area contributed by atoms with Gasteiger partial charge in [0.15, 0.2) is 5.75 Å². The number of rotatable bonds is 9. The van der Waals surface area contributed by atoms with E-state index in [2.05, 4.69) is 0 Å². The summed E-state index contributed by atoms with van der Waals surface area (Å²) < 4.78 is 48.2. The fourth-order valence-corrected chi connectivity index (χ4v) is 6.59. The lowest BCUT2D eigenvalue weighted by atomic mass is 10.0.